The second-order valence-corrected chi connectivity index (χ2v) is 8.62. The third-order valence-electron chi connectivity index (χ3n) is 4.69. The second kappa shape index (κ2) is 8.81. The summed E-state index contributed by atoms with van der Waals surface area (Å²) < 4.78 is 1.81. The molecule has 4 aromatic rings. The van der Waals surface area contributed by atoms with Crippen molar-refractivity contribution >= 4 is 29.0 Å². The summed E-state index contributed by atoms with van der Waals surface area (Å²) in [6.07, 6.45) is 2.04. The lowest BCUT2D eigenvalue weighted by Crippen LogP contribution is -2.22. The molecule has 2 heterocycles. The molecule has 0 spiro atoms. The fourth-order valence-electron chi connectivity index (χ4n) is 3.08. The highest BCUT2D eigenvalue weighted by Crippen LogP contribution is 2.30. The molecule has 0 aliphatic heterocycles. The normalized spacial score (nSPS) is 10.9. The van der Waals surface area contributed by atoms with E-state index in [1.54, 1.807) is 16.4 Å². The van der Waals surface area contributed by atoms with Gasteiger partial charge in [-0.25, -0.2) is 9.67 Å². The van der Waals surface area contributed by atoms with Crippen molar-refractivity contribution in [3.05, 3.63) is 76.4 Å². The van der Waals surface area contributed by atoms with Crippen LogP contribution in [0, 0.1) is 13.8 Å². The third-order valence-corrected chi connectivity index (χ3v) is 6.58. The Bertz CT molecular complexity index is 1180. The van der Waals surface area contributed by atoms with E-state index < -0.39 is 0 Å². The average Bonchev–Trinajstić information content (AvgIpc) is 3.35. The zero-order valence-corrected chi connectivity index (χ0v) is 18.5. The van der Waals surface area contributed by atoms with Crippen molar-refractivity contribution in [3.8, 4) is 16.4 Å². The van der Waals surface area contributed by atoms with Crippen LogP contribution in [0.3, 0.4) is 0 Å². The summed E-state index contributed by atoms with van der Waals surface area (Å²) in [5.74, 6) is -0.127. The van der Waals surface area contributed by atoms with E-state index in [-0.39, 0.29) is 5.91 Å². The Morgan fingerprint density at radius 1 is 1.13 bits per heavy atom. The zero-order valence-electron chi connectivity index (χ0n) is 16.9. The molecule has 0 bridgehead atoms. The average molecular weight is 436 g/mol. The Balaban J connectivity index is 1.57. The van der Waals surface area contributed by atoms with Gasteiger partial charge in [0.2, 0.25) is 0 Å². The van der Waals surface area contributed by atoms with E-state index in [0.717, 1.165) is 21.8 Å². The van der Waals surface area contributed by atoms with Gasteiger partial charge in [-0.05, 0) is 43.9 Å². The van der Waals surface area contributed by atoms with Gasteiger partial charge >= 0.3 is 0 Å². The van der Waals surface area contributed by atoms with Crippen molar-refractivity contribution < 1.29 is 4.79 Å². The van der Waals surface area contributed by atoms with E-state index >= 15 is 0 Å². The Morgan fingerprint density at radius 3 is 2.70 bits per heavy atom. The van der Waals surface area contributed by atoms with Crippen molar-refractivity contribution in [1.82, 2.24) is 25.3 Å². The Kier molecular flexibility index (Phi) is 5.96. The molecule has 4 rings (SSSR count). The summed E-state index contributed by atoms with van der Waals surface area (Å²) in [5.41, 5.74) is 4.28. The van der Waals surface area contributed by atoms with Crippen molar-refractivity contribution in [2.75, 3.05) is 6.26 Å². The monoisotopic (exact) mass is 435 g/mol. The van der Waals surface area contributed by atoms with E-state index in [1.807, 2.05) is 62.6 Å². The van der Waals surface area contributed by atoms with E-state index in [2.05, 4.69) is 32.7 Å². The van der Waals surface area contributed by atoms with E-state index in [4.69, 9.17) is 0 Å². The van der Waals surface area contributed by atoms with Gasteiger partial charge in [-0.2, -0.15) is 0 Å². The van der Waals surface area contributed by atoms with Gasteiger partial charge < -0.3 is 5.32 Å². The number of thiazole rings is 1. The molecule has 152 valence electrons. The summed E-state index contributed by atoms with van der Waals surface area (Å²) in [4.78, 5) is 19.0. The van der Waals surface area contributed by atoms with E-state index in [0.29, 0.717) is 27.8 Å². The number of nitrogens with one attached hydrogen (secondary N) is 1. The van der Waals surface area contributed by atoms with Crippen molar-refractivity contribution in [3.63, 3.8) is 0 Å². The maximum absolute atomic E-state index is 12.7. The molecule has 1 amide bonds. The van der Waals surface area contributed by atoms with Gasteiger partial charge in [-0.3, -0.25) is 4.79 Å². The fourth-order valence-corrected chi connectivity index (χ4v) is 4.55. The van der Waals surface area contributed by atoms with Crippen LogP contribution in [0.2, 0.25) is 0 Å². The fraction of sp³-hybridized carbons (Fsp3) is 0.182. The molecule has 6 nitrogen and oxygen atoms in total. The molecule has 0 saturated heterocycles. The number of hydrogen-bond donors (Lipinski definition) is 1. The lowest BCUT2D eigenvalue weighted by atomic mass is 10.2. The number of rotatable bonds is 6. The predicted molar refractivity (Wildman–Crippen MR) is 121 cm³/mol. The van der Waals surface area contributed by atoms with E-state index in [1.165, 1.54) is 11.3 Å². The van der Waals surface area contributed by atoms with Crippen LogP contribution < -0.4 is 5.32 Å². The maximum atomic E-state index is 12.7. The van der Waals surface area contributed by atoms with Crippen LogP contribution in [0.1, 0.15) is 26.6 Å². The molecule has 0 saturated carbocycles. The summed E-state index contributed by atoms with van der Waals surface area (Å²) in [7, 11) is 0. The lowest BCUT2D eigenvalue weighted by molar-refractivity contribution is 0.0954. The van der Waals surface area contributed by atoms with Crippen molar-refractivity contribution in [1.29, 1.82) is 0 Å². The summed E-state index contributed by atoms with van der Waals surface area (Å²) in [5, 5.41) is 12.3. The van der Waals surface area contributed by atoms with E-state index in [9.17, 15) is 4.79 Å². The number of aryl methyl sites for hydroxylation is 1. The quantitative estimate of drug-likeness (QED) is 0.446. The molecule has 30 heavy (non-hydrogen) atoms. The first kappa shape index (κ1) is 20.3. The molecule has 0 unspecified atom stereocenters. The maximum Gasteiger partial charge on any atom is 0.263 e. The van der Waals surface area contributed by atoms with Crippen LogP contribution in [0.25, 0.3) is 16.4 Å². The molecule has 2 aromatic heterocycles. The first-order chi connectivity index (χ1) is 14.6. The highest BCUT2D eigenvalue weighted by atomic mass is 32.2. The molecular weight excluding hydrogens is 414 g/mol. The number of thioether (sulfide) groups is 1. The van der Waals surface area contributed by atoms with Crippen LogP contribution in [0.15, 0.2) is 59.5 Å². The van der Waals surface area contributed by atoms with Gasteiger partial charge in [0.05, 0.1) is 17.1 Å². The van der Waals surface area contributed by atoms with Gasteiger partial charge in [0.25, 0.3) is 5.91 Å². The van der Waals surface area contributed by atoms with Gasteiger partial charge in [0.1, 0.15) is 15.6 Å². The van der Waals surface area contributed by atoms with Crippen LogP contribution >= 0.6 is 23.1 Å². The van der Waals surface area contributed by atoms with Crippen LogP contribution in [-0.4, -0.2) is 32.1 Å². The Labute approximate surface area is 183 Å². The smallest absolute Gasteiger partial charge is 0.263 e. The summed E-state index contributed by atoms with van der Waals surface area (Å²) in [6, 6.07) is 18.0. The molecular formula is C22H21N5OS2. The highest BCUT2D eigenvalue weighted by molar-refractivity contribution is 7.98. The topological polar surface area (TPSA) is 72.7 Å². The molecule has 0 fully saturated rings. The molecule has 0 radical (unpaired) electrons. The largest absolute Gasteiger partial charge is 0.347 e. The Hall–Kier alpha value is -2.97. The molecule has 0 aliphatic carbocycles. The third kappa shape index (κ3) is 4.15. The molecule has 0 atom stereocenters. The summed E-state index contributed by atoms with van der Waals surface area (Å²) in [6.45, 7) is 4.29. The minimum atomic E-state index is -0.127. The SMILES string of the molecule is CSc1cccc(-n2nnc(-c3nc(C)c(C(=O)NCc4ccccc4)s3)c2C)c1. The van der Waals surface area contributed by atoms with Crippen LogP contribution in [0.4, 0.5) is 0 Å². The zero-order chi connectivity index (χ0) is 21.1. The molecule has 8 heteroatoms. The van der Waals surface area contributed by atoms with Crippen LogP contribution in [-0.2, 0) is 6.54 Å². The predicted octanol–water partition coefficient (Wildman–Crippen LogP) is 4.66. The van der Waals surface area contributed by atoms with Gasteiger partial charge in [-0.15, -0.1) is 28.2 Å². The number of hydrogen-bond acceptors (Lipinski definition) is 6. The molecule has 0 aliphatic rings. The number of amides is 1. The number of aromatic nitrogens is 4. The number of nitrogens with zero attached hydrogens (tertiary/aromatic N) is 4. The highest BCUT2D eigenvalue weighted by Gasteiger charge is 2.20. The molecule has 2 aromatic carbocycles. The standard InChI is InChI=1S/C22H21N5OS2/c1-14-20(21(28)23-13-16-8-5-4-6-9-16)30-22(24-14)19-15(2)27(26-25-19)17-10-7-11-18(12-17)29-3/h4-12H,13H2,1-3H3,(H,23,28). The van der Waals surface area contributed by atoms with Crippen LogP contribution in [0.5, 0.6) is 0 Å². The second-order valence-electron chi connectivity index (χ2n) is 6.74. The minimum absolute atomic E-state index is 0.127. The summed E-state index contributed by atoms with van der Waals surface area (Å²) >= 11 is 3.02. The first-order valence-corrected chi connectivity index (χ1v) is 11.5. The lowest BCUT2D eigenvalue weighted by Gasteiger charge is -2.05. The van der Waals surface area contributed by atoms with Crippen molar-refractivity contribution in [2.45, 2.75) is 25.3 Å². The minimum Gasteiger partial charge on any atom is -0.347 e. The number of benzene rings is 2. The Morgan fingerprint density at radius 2 is 1.93 bits per heavy atom. The van der Waals surface area contributed by atoms with Gasteiger partial charge in [0, 0.05) is 11.4 Å². The van der Waals surface area contributed by atoms with Gasteiger partial charge in [-0.1, -0.05) is 41.6 Å². The molecule has 1 N–H and O–H groups in total. The van der Waals surface area contributed by atoms with Crippen molar-refractivity contribution in [2.24, 2.45) is 0 Å². The first-order valence-electron chi connectivity index (χ1n) is 9.43. The number of carbonyl (C=O) groups excluding carboxylic acids is 1. The number of carbonyl (C=O) groups is 1. The van der Waals surface area contributed by atoms with Gasteiger partial charge in [0.15, 0.2) is 0 Å².